The van der Waals surface area contributed by atoms with Gasteiger partial charge in [0, 0.05) is 25.0 Å². The van der Waals surface area contributed by atoms with Crippen molar-refractivity contribution in [3.05, 3.63) is 66.5 Å². The Labute approximate surface area is 230 Å². The quantitative estimate of drug-likeness (QED) is 0.106. The number of aryl methyl sites for hydroxylation is 1. The maximum atomic E-state index is 2.48. The van der Waals surface area contributed by atoms with E-state index in [0.717, 1.165) is 0 Å². The predicted molar refractivity (Wildman–Crippen MR) is 154 cm³/mol. The van der Waals surface area contributed by atoms with Gasteiger partial charge in [-0.05, 0) is 31.2 Å². The monoisotopic (exact) mass is 513 g/mol. The number of nitrogens with zero attached hydrogens (tertiary/aromatic N) is 1. The smallest absolute Gasteiger partial charge is 0.169 e. The number of aromatic nitrogens is 1. The molecule has 0 fully saturated rings. The SMILES string of the molecule is CCCCCCCCCCCCCCCC(CCCCCCCc1ccccc1)[n+]1ccccc1.[Cl-]. The summed E-state index contributed by atoms with van der Waals surface area (Å²) in [5.74, 6) is 0. The van der Waals surface area contributed by atoms with E-state index in [0.29, 0.717) is 6.04 Å². The van der Waals surface area contributed by atoms with E-state index < -0.39 is 0 Å². The maximum Gasteiger partial charge on any atom is 0.169 e. The third-order valence-corrected chi connectivity index (χ3v) is 7.65. The molecule has 0 amide bonds. The molecule has 1 aromatic carbocycles. The predicted octanol–water partition coefficient (Wildman–Crippen LogP) is 7.58. The van der Waals surface area contributed by atoms with E-state index in [1.165, 1.54) is 140 Å². The molecule has 2 rings (SSSR count). The molecule has 1 atom stereocenters. The van der Waals surface area contributed by atoms with Gasteiger partial charge >= 0.3 is 0 Å². The lowest BCUT2D eigenvalue weighted by Crippen LogP contribution is -3.00. The van der Waals surface area contributed by atoms with E-state index in [2.05, 4.69) is 72.4 Å². The van der Waals surface area contributed by atoms with Gasteiger partial charge in [-0.15, -0.1) is 0 Å². The van der Waals surface area contributed by atoms with Crippen molar-refractivity contribution in [1.29, 1.82) is 0 Å². The fourth-order valence-corrected chi connectivity index (χ4v) is 5.38. The molecular formula is C34H56ClN. The second-order valence-corrected chi connectivity index (χ2v) is 10.8. The number of hydrogen-bond donors (Lipinski definition) is 0. The zero-order valence-corrected chi connectivity index (χ0v) is 24.3. The van der Waals surface area contributed by atoms with Crippen LogP contribution in [0.25, 0.3) is 0 Å². The van der Waals surface area contributed by atoms with E-state index in [9.17, 15) is 0 Å². The first-order chi connectivity index (χ1) is 17.4. The fraction of sp³-hybridized carbons (Fsp3) is 0.676. The molecule has 204 valence electrons. The van der Waals surface area contributed by atoms with Gasteiger partial charge in [0.15, 0.2) is 18.4 Å². The number of hydrogen-bond acceptors (Lipinski definition) is 0. The third kappa shape index (κ3) is 17.2. The van der Waals surface area contributed by atoms with E-state index in [1.54, 1.807) is 0 Å². The molecule has 1 unspecified atom stereocenters. The van der Waals surface area contributed by atoms with Gasteiger partial charge < -0.3 is 12.4 Å². The van der Waals surface area contributed by atoms with Gasteiger partial charge in [-0.3, -0.25) is 0 Å². The molecule has 1 heterocycles. The Morgan fingerprint density at radius 1 is 0.500 bits per heavy atom. The molecule has 0 radical (unpaired) electrons. The van der Waals surface area contributed by atoms with Crippen LogP contribution in [0.4, 0.5) is 0 Å². The van der Waals surface area contributed by atoms with Crippen LogP contribution in [0.1, 0.15) is 147 Å². The molecule has 0 aliphatic heterocycles. The van der Waals surface area contributed by atoms with Gasteiger partial charge in [0.2, 0.25) is 0 Å². The van der Waals surface area contributed by atoms with E-state index >= 15 is 0 Å². The largest absolute Gasteiger partial charge is 1.00 e. The highest BCUT2D eigenvalue weighted by atomic mass is 35.5. The van der Waals surface area contributed by atoms with Gasteiger partial charge in [-0.1, -0.05) is 140 Å². The number of benzene rings is 1. The fourth-order valence-electron chi connectivity index (χ4n) is 5.38. The molecule has 0 N–H and O–H groups in total. The molecule has 36 heavy (non-hydrogen) atoms. The first-order valence-corrected chi connectivity index (χ1v) is 15.4. The standard InChI is InChI=1S/C34H56N.ClH/c1-2-3-4-5-6-7-8-9-10-11-12-15-22-29-34(35-31-24-18-25-32-35)30-23-16-13-14-19-26-33-27-20-17-21-28-33;/h17-18,20-21,24-25,27-28,31-32,34H,2-16,19,22-23,26,29-30H2,1H3;1H/q+1;/p-1. The Morgan fingerprint density at radius 2 is 0.917 bits per heavy atom. The lowest BCUT2D eigenvalue weighted by molar-refractivity contribution is -0.724. The summed E-state index contributed by atoms with van der Waals surface area (Å²) in [6.07, 6.45) is 34.0. The van der Waals surface area contributed by atoms with Crippen molar-refractivity contribution in [3.8, 4) is 0 Å². The van der Waals surface area contributed by atoms with Crippen molar-refractivity contribution in [3.63, 3.8) is 0 Å². The highest BCUT2D eigenvalue weighted by Gasteiger charge is 2.16. The van der Waals surface area contributed by atoms with Crippen LogP contribution in [0, 0.1) is 0 Å². The maximum absolute atomic E-state index is 2.48. The first-order valence-electron chi connectivity index (χ1n) is 15.4. The minimum Gasteiger partial charge on any atom is -1.00 e. The van der Waals surface area contributed by atoms with Crippen LogP contribution in [-0.2, 0) is 6.42 Å². The molecule has 0 saturated heterocycles. The Bertz CT molecular complexity index is 687. The summed E-state index contributed by atoms with van der Waals surface area (Å²) in [7, 11) is 0. The lowest BCUT2D eigenvalue weighted by atomic mass is 9.99. The van der Waals surface area contributed by atoms with Crippen molar-refractivity contribution in [2.45, 2.75) is 148 Å². The van der Waals surface area contributed by atoms with Gasteiger partial charge in [-0.25, -0.2) is 4.57 Å². The van der Waals surface area contributed by atoms with Crippen LogP contribution in [0.2, 0.25) is 0 Å². The highest BCUT2D eigenvalue weighted by molar-refractivity contribution is 5.14. The van der Waals surface area contributed by atoms with E-state index in [-0.39, 0.29) is 12.4 Å². The summed E-state index contributed by atoms with van der Waals surface area (Å²) in [5.41, 5.74) is 1.49. The molecule has 1 aromatic heterocycles. The second kappa shape index (κ2) is 24.0. The molecule has 0 saturated carbocycles. The minimum atomic E-state index is 0. The number of pyridine rings is 1. The summed E-state index contributed by atoms with van der Waals surface area (Å²) in [6, 6.07) is 18.2. The van der Waals surface area contributed by atoms with Crippen LogP contribution in [0.5, 0.6) is 0 Å². The van der Waals surface area contributed by atoms with Crippen molar-refractivity contribution in [2.24, 2.45) is 0 Å². The van der Waals surface area contributed by atoms with Crippen LogP contribution in [0.3, 0.4) is 0 Å². The zero-order chi connectivity index (χ0) is 24.7. The molecule has 2 heteroatoms. The van der Waals surface area contributed by atoms with Crippen LogP contribution >= 0.6 is 0 Å². The lowest BCUT2D eigenvalue weighted by Gasteiger charge is -2.13. The van der Waals surface area contributed by atoms with Crippen molar-refractivity contribution < 1.29 is 17.0 Å². The molecule has 0 aliphatic rings. The van der Waals surface area contributed by atoms with Crippen molar-refractivity contribution in [2.75, 3.05) is 0 Å². The number of halogens is 1. The zero-order valence-electron chi connectivity index (χ0n) is 23.5. The summed E-state index contributed by atoms with van der Waals surface area (Å²) < 4.78 is 2.48. The average Bonchev–Trinajstić information content (AvgIpc) is 2.90. The summed E-state index contributed by atoms with van der Waals surface area (Å²) in [5, 5.41) is 0. The molecule has 0 aliphatic carbocycles. The Kier molecular flexibility index (Phi) is 21.8. The molecular weight excluding hydrogens is 458 g/mol. The van der Waals surface area contributed by atoms with Crippen LogP contribution in [0.15, 0.2) is 60.9 Å². The van der Waals surface area contributed by atoms with Crippen LogP contribution < -0.4 is 17.0 Å². The Balaban J connectivity index is 0.00000648. The van der Waals surface area contributed by atoms with Gasteiger partial charge in [0.25, 0.3) is 0 Å². The highest BCUT2D eigenvalue weighted by Crippen LogP contribution is 2.20. The molecule has 2 aromatic rings. The average molecular weight is 514 g/mol. The summed E-state index contributed by atoms with van der Waals surface area (Å²) in [6.45, 7) is 2.30. The minimum absolute atomic E-state index is 0. The van der Waals surface area contributed by atoms with Gasteiger partial charge in [-0.2, -0.15) is 0 Å². The second-order valence-electron chi connectivity index (χ2n) is 10.8. The molecule has 0 spiro atoms. The number of rotatable bonds is 23. The third-order valence-electron chi connectivity index (χ3n) is 7.65. The van der Waals surface area contributed by atoms with E-state index in [1.807, 2.05) is 0 Å². The van der Waals surface area contributed by atoms with Crippen molar-refractivity contribution in [1.82, 2.24) is 0 Å². The molecule has 1 nitrogen and oxygen atoms in total. The van der Waals surface area contributed by atoms with Gasteiger partial charge in [0.1, 0.15) is 0 Å². The summed E-state index contributed by atoms with van der Waals surface area (Å²) in [4.78, 5) is 0. The summed E-state index contributed by atoms with van der Waals surface area (Å²) >= 11 is 0. The Hall–Kier alpha value is -1.34. The molecule has 0 bridgehead atoms. The van der Waals surface area contributed by atoms with Gasteiger partial charge in [0.05, 0.1) is 0 Å². The normalized spacial score (nSPS) is 11.8. The van der Waals surface area contributed by atoms with Crippen LogP contribution in [-0.4, -0.2) is 0 Å². The number of unbranched alkanes of at least 4 members (excludes halogenated alkanes) is 16. The van der Waals surface area contributed by atoms with Crippen molar-refractivity contribution >= 4 is 0 Å². The topological polar surface area (TPSA) is 3.88 Å². The van der Waals surface area contributed by atoms with E-state index in [4.69, 9.17) is 0 Å². The Morgan fingerprint density at radius 3 is 1.42 bits per heavy atom. The first kappa shape index (κ1) is 32.7.